The Balaban J connectivity index is 1.86. The zero-order valence-corrected chi connectivity index (χ0v) is 12.9. The maximum Gasteiger partial charge on any atom is 0.186 e. The van der Waals surface area contributed by atoms with Gasteiger partial charge in [0, 0.05) is 0 Å². The van der Waals surface area contributed by atoms with Crippen molar-refractivity contribution in [2.75, 3.05) is 6.61 Å². The topological polar surface area (TPSA) is 120 Å². The van der Waals surface area contributed by atoms with E-state index in [0.717, 1.165) is 5.56 Å². The van der Waals surface area contributed by atoms with Gasteiger partial charge in [-0.05, 0) is 37.5 Å². The maximum absolute atomic E-state index is 9.92. The molecule has 0 amide bonds. The molecule has 6 atom stereocenters. The average Bonchev–Trinajstić information content (AvgIpc) is 2.55. The van der Waals surface area contributed by atoms with Crippen molar-refractivity contribution in [1.82, 2.24) is 0 Å². The number of ether oxygens (including phenoxy) is 2. The summed E-state index contributed by atoms with van der Waals surface area (Å²) < 4.78 is 10.9. The fraction of sp³-hybridized carbons (Fsp3) is 0.625. The first kappa shape index (κ1) is 18.1. The van der Waals surface area contributed by atoms with Crippen LogP contribution in [0.2, 0.25) is 0 Å². The Labute approximate surface area is 134 Å². The Bertz CT molecular complexity index is 476. The molecule has 1 saturated heterocycles. The third-order valence-corrected chi connectivity index (χ3v) is 3.99. The van der Waals surface area contributed by atoms with E-state index >= 15 is 0 Å². The van der Waals surface area contributed by atoms with Gasteiger partial charge in [0.25, 0.3) is 0 Å². The molecule has 2 rings (SSSR count). The zero-order valence-electron chi connectivity index (χ0n) is 12.9. The lowest BCUT2D eigenvalue weighted by Crippen LogP contribution is -2.59. The van der Waals surface area contributed by atoms with E-state index in [1.807, 2.05) is 19.1 Å². The molecule has 0 radical (unpaired) electrons. The molecule has 7 heteroatoms. The fourth-order valence-electron chi connectivity index (χ4n) is 2.51. The van der Waals surface area contributed by atoms with Crippen LogP contribution in [0.4, 0.5) is 0 Å². The molecule has 1 fully saturated rings. The molecular formula is C16H24O7. The van der Waals surface area contributed by atoms with Crippen molar-refractivity contribution in [2.24, 2.45) is 0 Å². The third-order valence-electron chi connectivity index (χ3n) is 3.99. The smallest absolute Gasteiger partial charge is 0.186 e. The molecule has 7 nitrogen and oxygen atoms in total. The Morgan fingerprint density at radius 3 is 2.35 bits per heavy atom. The zero-order chi connectivity index (χ0) is 17.0. The minimum Gasteiger partial charge on any atom is -0.508 e. The van der Waals surface area contributed by atoms with Crippen molar-refractivity contribution in [1.29, 1.82) is 0 Å². The summed E-state index contributed by atoms with van der Waals surface area (Å²) in [5.74, 6) is 0.208. The molecule has 0 saturated carbocycles. The van der Waals surface area contributed by atoms with Crippen LogP contribution in [0, 0.1) is 0 Å². The lowest BCUT2D eigenvalue weighted by molar-refractivity contribution is -0.310. The second kappa shape index (κ2) is 8.05. The number of phenolic OH excluding ortho intramolecular Hbond substituents is 1. The summed E-state index contributed by atoms with van der Waals surface area (Å²) in [7, 11) is 0. The first-order valence-corrected chi connectivity index (χ1v) is 7.66. The summed E-state index contributed by atoms with van der Waals surface area (Å²) in [6.07, 6.45) is -5.21. The van der Waals surface area contributed by atoms with Gasteiger partial charge in [0.15, 0.2) is 6.29 Å². The van der Waals surface area contributed by atoms with Gasteiger partial charge in [-0.1, -0.05) is 12.1 Å². The number of benzene rings is 1. The number of aryl methyl sites for hydroxylation is 1. The highest BCUT2D eigenvalue weighted by atomic mass is 16.7. The van der Waals surface area contributed by atoms with E-state index in [1.54, 1.807) is 12.1 Å². The molecule has 0 aliphatic carbocycles. The Morgan fingerprint density at radius 2 is 1.74 bits per heavy atom. The standard InChI is InChI=1S/C16H24O7/c1-9(2-3-10-4-6-11(18)7-5-10)22-16-15(21)14(20)13(19)12(8-17)23-16/h4-7,9,12-21H,2-3,8H2,1H3/t9-,12+,13+,14-,15+,16+/m0/s1. The van der Waals surface area contributed by atoms with Crippen LogP contribution in [0.3, 0.4) is 0 Å². The molecule has 5 N–H and O–H groups in total. The van der Waals surface area contributed by atoms with Gasteiger partial charge in [-0.3, -0.25) is 0 Å². The Kier molecular flexibility index (Phi) is 6.34. The Morgan fingerprint density at radius 1 is 1.09 bits per heavy atom. The van der Waals surface area contributed by atoms with Gasteiger partial charge in [0.2, 0.25) is 0 Å². The van der Waals surface area contributed by atoms with E-state index < -0.39 is 37.3 Å². The van der Waals surface area contributed by atoms with Crippen molar-refractivity contribution >= 4 is 0 Å². The van der Waals surface area contributed by atoms with Crippen molar-refractivity contribution in [2.45, 2.75) is 56.6 Å². The maximum atomic E-state index is 9.92. The van der Waals surface area contributed by atoms with Gasteiger partial charge < -0.3 is 35.0 Å². The summed E-state index contributed by atoms with van der Waals surface area (Å²) in [4.78, 5) is 0. The molecule has 1 aliphatic heterocycles. The van der Waals surface area contributed by atoms with Crippen molar-refractivity contribution in [3.63, 3.8) is 0 Å². The monoisotopic (exact) mass is 328 g/mol. The lowest BCUT2D eigenvalue weighted by Gasteiger charge is -2.40. The van der Waals surface area contributed by atoms with Gasteiger partial charge >= 0.3 is 0 Å². The van der Waals surface area contributed by atoms with E-state index in [0.29, 0.717) is 12.8 Å². The molecule has 1 aromatic carbocycles. The van der Waals surface area contributed by atoms with Gasteiger partial charge in [0.05, 0.1) is 12.7 Å². The van der Waals surface area contributed by atoms with Crippen LogP contribution in [-0.4, -0.2) is 68.9 Å². The SMILES string of the molecule is C[C@@H](CCc1ccc(O)cc1)O[C@@H]1O[C@H](CO)[C@@H](O)[C@H](O)[C@H]1O. The Hall–Kier alpha value is -1.22. The summed E-state index contributed by atoms with van der Waals surface area (Å²) >= 11 is 0. The summed E-state index contributed by atoms with van der Waals surface area (Å²) in [5.41, 5.74) is 1.03. The largest absolute Gasteiger partial charge is 0.508 e. The predicted octanol–water partition coefficient (Wildman–Crippen LogP) is -0.470. The average molecular weight is 328 g/mol. The molecule has 1 heterocycles. The predicted molar refractivity (Wildman–Crippen MR) is 80.7 cm³/mol. The molecule has 23 heavy (non-hydrogen) atoms. The highest BCUT2D eigenvalue weighted by Crippen LogP contribution is 2.23. The normalized spacial score (nSPS) is 32.7. The number of aliphatic hydroxyl groups excluding tert-OH is 4. The molecule has 0 bridgehead atoms. The molecule has 0 aromatic heterocycles. The lowest BCUT2D eigenvalue weighted by atomic mass is 9.99. The van der Waals surface area contributed by atoms with Crippen LogP contribution in [0.15, 0.2) is 24.3 Å². The van der Waals surface area contributed by atoms with Crippen LogP contribution in [0.5, 0.6) is 5.75 Å². The number of rotatable bonds is 6. The number of aliphatic hydroxyl groups is 4. The first-order valence-electron chi connectivity index (χ1n) is 7.66. The third kappa shape index (κ3) is 4.63. The molecule has 0 spiro atoms. The second-order valence-electron chi connectivity index (χ2n) is 5.85. The minimum absolute atomic E-state index is 0.208. The van der Waals surface area contributed by atoms with Crippen molar-refractivity contribution in [3.05, 3.63) is 29.8 Å². The van der Waals surface area contributed by atoms with Gasteiger partial charge in [-0.15, -0.1) is 0 Å². The van der Waals surface area contributed by atoms with E-state index in [4.69, 9.17) is 14.6 Å². The summed E-state index contributed by atoms with van der Waals surface area (Å²) in [6.45, 7) is 1.33. The van der Waals surface area contributed by atoms with Crippen LogP contribution in [0.25, 0.3) is 0 Å². The summed E-state index contributed by atoms with van der Waals surface area (Å²) in [6, 6.07) is 6.85. The van der Waals surface area contributed by atoms with E-state index in [-0.39, 0.29) is 11.9 Å². The molecule has 1 aliphatic rings. The molecule has 0 unspecified atom stereocenters. The van der Waals surface area contributed by atoms with Gasteiger partial charge in [-0.2, -0.15) is 0 Å². The van der Waals surface area contributed by atoms with Crippen molar-refractivity contribution < 1.29 is 35.0 Å². The molecular weight excluding hydrogens is 304 g/mol. The molecule has 1 aromatic rings. The number of hydrogen-bond donors (Lipinski definition) is 5. The molecule has 130 valence electrons. The van der Waals surface area contributed by atoms with E-state index in [1.165, 1.54) is 0 Å². The van der Waals surface area contributed by atoms with Crippen LogP contribution >= 0.6 is 0 Å². The van der Waals surface area contributed by atoms with E-state index in [2.05, 4.69) is 0 Å². The van der Waals surface area contributed by atoms with Crippen LogP contribution in [0.1, 0.15) is 18.9 Å². The minimum atomic E-state index is -1.44. The van der Waals surface area contributed by atoms with Crippen LogP contribution in [-0.2, 0) is 15.9 Å². The number of phenols is 1. The quantitative estimate of drug-likeness (QED) is 0.479. The van der Waals surface area contributed by atoms with Gasteiger partial charge in [-0.25, -0.2) is 0 Å². The second-order valence-corrected chi connectivity index (χ2v) is 5.85. The highest BCUT2D eigenvalue weighted by molar-refractivity contribution is 5.25. The highest BCUT2D eigenvalue weighted by Gasteiger charge is 2.44. The van der Waals surface area contributed by atoms with Crippen molar-refractivity contribution in [3.8, 4) is 5.75 Å². The fourth-order valence-corrected chi connectivity index (χ4v) is 2.51. The first-order chi connectivity index (χ1) is 10.9. The van der Waals surface area contributed by atoms with Gasteiger partial charge in [0.1, 0.15) is 30.2 Å². The van der Waals surface area contributed by atoms with Crippen LogP contribution < -0.4 is 0 Å². The summed E-state index contributed by atoms with van der Waals surface area (Å²) in [5, 5.41) is 47.7. The van der Waals surface area contributed by atoms with E-state index in [9.17, 15) is 20.4 Å². The number of hydrogen-bond acceptors (Lipinski definition) is 7. The number of aromatic hydroxyl groups is 1.